The quantitative estimate of drug-likeness (QED) is 0.377. The predicted octanol–water partition coefficient (Wildman–Crippen LogP) is 5.07. The Bertz CT molecular complexity index is 1210. The molecule has 0 aliphatic carbocycles. The minimum atomic E-state index is -0.656. The summed E-state index contributed by atoms with van der Waals surface area (Å²) in [5.41, 5.74) is 2.79. The number of halogens is 2. The van der Waals surface area contributed by atoms with Crippen LogP contribution in [0.3, 0.4) is 0 Å². The summed E-state index contributed by atoms with van der Waals surface area (Å²) >= 11 is 0. The molecule has 2 heterocycles. The van der Waals surface area contributed by atoms with Crippen molar-refractivity contribution in [2.75, 3.05) is 0 Å². The van der Waals surface area contributed by atoms with Crippen LogP contribution >= 0.6 is 0 Å². The average molecular weight is 499 g/mol. The first kappa shape index (κ1) is 26.5. The fraction of sp³-hybridized carbons (Fsp3) is 0.308. The van der Waals surface area contributed by atoms with Gasteiger partial charge >= 0.3 is 0 Å². The molecule has 2 aromatic carbocycles. The van der Waals surface area contributed by atoms with Crippen LogP contribution in [0.4, 0.5) is 8.78 Å². The van der Waals surface area contributed by atoms with Crippen molar-refractivity contribution in [3.05, 3.63) is 96.6 Å². The van der Waals surface area contributed by atoms with E-state index in [9.17, 15) is 8.78 Å². The zero-order valence-corrected chi connectivity index (χ0v) is 22.2. The lowest BCUT2D eigenvalue weighted by Crippen LogP contribution is -2.28. The molecule has 0 amide bonds. The number of hydrogen-bond acceptors (Lipinski definition) is 4. The van der Waals surface area contributed by atoms with E-state index < -0.39 is 15.4 Å². The summed E-state index contributed by atoms with van der Waals surface area (Å²) in [7, 11) is -0.656. The molecular formula is C26H32F2N4O2Si. The molecule has 0 fully saturated rings. The Morgan fingerprint density at radius 3 is 1.74 bits per heavy atom. The number of nitrogens with zero attached hydrogens (tertiary/aromatic N) is 4. The van der Waals surface area contributed by atoms with Gasteiger partial charge in [-0.05, 0) is 67.4 Å². The van der Waals surface area contributed by atoms with Gasteiger partial charge in [0.25, 0.3) is 0 Å². The Labute approximate surface area is 207 Å². The van der Waals surface area contributed by atoms with E-state index in [1.807, 2.05) is 24.6 Å². The van der Waals surface area contributed by atoms with E-state index in [0.717, 1.165) is 17.1 Å². The first-order valence-electron chi connectivity index (χ1n) is 11.3. The normalized spacial score (nSPS) is 12.1. The standard InChI is InChI=1S/C16H23FN2OSi.C10H9FN2O/c1-15(2,3)21-20-16(4,5)14-10-19(11-18-14)13-8-6-12(17)7-9-13;11-8-1-3-10(4-2-8)13-5-9(6-14)12-7-13/h6-11H,21H2,1-5H3;1-5,7,14H,6H2. The molecule has 1 N–H and O–H groups in total. The monoisotopic (exact) mass is 498 g/mol. The molecule has 2 aromatic heterocycles. The van der Waals surface area contributed by atoms with E-state index in [0.29, 0.717) is 5.69 Å². The van der Waals surface area contributed by atoms with E-state index in [1.54, 1.807) is 47.7 Å². The van der Waals surface area contributed by atoms with Crippen LogP contribution in [-0.4, -0.2) is 34.0 Å². The Morgan fingerprint density at radius 1 is 0.800 bits per heavy atom. The lowest BCUT2D eigenvalue weighted by molar-refractivity contribution is 0.105. The molecular weight excluding hydrogens is 466 g/mol. The van der Waals surface area contributed by atoms with Gasteiger partial charge in [-0.2, -0.15) is 0 Å². The van der Waals surface area contributed by atoms with Gasteiger partial charge in [-0.15, -0.1) is 0 Å². The van der Waals surface area contributed by atoms with Crippen molar-refractivity contribution in [3.63, 3.8) is 0 Å². The van der Waals surface area contributed by atoms with Crippen molar-refractivity contribution in [3.8, 4) is 11.4 Å². The molecule has 0 atom stereocenters. The van der Waals surface area contributed by atoms with Crippen LogP contribution in [0.15, 0.2) is 73.6 Å². The Balaban J connectivity index is 0.000000211. The molecule has 35 heavy (non-hydrogen) atoms. The van der Waals surface area contributed by atoms with Crippen molar-refractivity contribution >= 4 is 9.76 Å². The van der Waals surface area contributed by atoms with Gasteiger partial charge in [0.05, 0.1) is 36.3 Å². The van der Waals surface area contributed by atoms with Gasteiger partial charge in [0, 0.05) is 23.8 Å². The molecule has 0 saturated carbocycles. The largest absolute Gasteiger partial charge is 0.413 e. The Hall–Kier alpha value is -3.14. The third-order valence-corrected chi connectivity index (χ3v) is 6.85. The van der Waals surface area contributed by atoms with Gasteiger partial charge in [0.2, 0.25) is 0 Å². The zero-order chi connectivity index (χ0) is 25.6. The summed E-state index contributed by atoms with van der Waals surface area (Å²) in [6, 6.07) is 12.4. The molecule has 0 saturated heterocycles. The number of rotatable bonds is 6. The van der Waals surface area contributed by atoms with Crippen LogP contribution in [0, 0.1) is 11.6 Å². The van der Waals surface area contributed by atoms with Gasteiger partial charge in [0.15, 0.2) is 9.76 Å². The third-order valence-electron chi connectivity index (χ3n) is 5.11. The first-order valence-corrected chi connectivity index (χ1v) is 12.6. The summed E-state index contributed by atoms with van der Waals surface area (Å²) in [6.45, 7) is 10.6. The van der Waals surface area contributed by atoms with E-state index in [4.69, 9.17) is 9.53 Å². The molecule has 0 spiro atoms. The van der Waals surface area contributed by atoms with E-state index in [-0.39, 0.29) is 23.3 Å². The lowest BCUT2D eigenvalue weighted by atomic mass is 10.1. The van der Waals surface area contributed by atoms with Gasteiger partial charge in [-0.25, -0.2) is 18.7 Å². The van der Waals surface area contributed by atoms with Gasteiger partial charge in [-0.1, -0.05) is 20.8 Å². The molecule has 0 bridgehead atoms. The van der Waals surface area contributed by atoms with Crippen molar-refractivity contribution < 1.29 is 18.3 Å². The van der Waals surface area contributed by atoms with Crippen LogP contribution in [0.25, 0.3) is 11.4 Å². The molecule has 4 rings (SSSR count). The van der Waals surface area contributed by atoms with E-state index in [1.165, 1.54) is 24.3 Å². The van der Waals surface area contributed by atoms with Gasteiger partial charge < -0.3 is 18.7 Å². The minimum absolute atomic E-state index is 0.0891. The second kappa shape index (κ2) is 11.1. The Morgan fingerprint density at radius 2 is 1.29 bits per heavy atom. The average Bonchev–Trinajstić information content (AvgIpc) is 3.50. The summed E-state index contributed by atoms with van der Waals surface area (Å²) in [5.74, 6) is -0.504. The minimum Gasteiger partial charge on any atom is -0.413 e. The van der Waals surface area contributed by atoms with E-state index >= 15 is 0 Å². The van der Waals surface area contributed by atoms with Gasteiger partial charge in [-0.3, -0.25) is 0 Å². The summed E-state index contributed by atoms with van der Waals surface area (Å²) in [5, 5.41) is 9.05. The second-order valence-corrected chi connectivity index (χ2v) is 12.6. The van der Waals surface area contributed by atoms with Crippen molar-refractivity contribution in [1.29, 1.82) is 0 Å². The number of aliphatic hydroxyl groups excluding tert-OH is 1. The molecule has 0 radical (unpaired) electrons. The fourth-order valence-corrected chi connectivity index (χ4v) is 4.00. The molecule has 6 nitrogen and oxygen atoms in total. The summed E-state index contributed by atoms with van der Waals surface area (Å²) in [6.07, 6.45) is 6.97. The SMILES string of the molecule is CC(C)(C)[SiH2]OC(C)(C)c1cn(-c2ccc(F)cc2)cn1.OCc1cn(-c2ccc(F)cc2)cn1. The lowest BCUT2D eigenvalue weighted by Gasteiger charge is -2.28. The second-order valence-electron chi connectivity index (χ2n) is 9.91. The highest BCUT2D eigenvalue weighted by atomic mass is 28.2. The fourth-order valence-electron chi connectivity index (χ4n) is 3.06. The van der Waals surface area contributed by atoms with Crippen LogP contribution in [-0.2, 0) is 16.6 Å². The number of imidazole rings is 2. The van der Waals surface area contributed by atoms with Crippen LogP contribution in [0.1, 0.15) is 46.0 Å². The highest BCUT2D eigenvalue weighted by Crippen LogP contribution is 2.28. The Kier molecular flexibility index (Phi) is 8.37. The molecule has 0 aliphatic heterocycles. The van der Waals surface area contributed by atoms with Crippen LogP contribution < -0.4 is 0 Å². The van der Waals surface area contributed by atoms with Crippen LogP contribution in [0.5, 0.6) is 0 Å². The van der Waals surface area contributed by atoms with E-state index in [2.05, 4.69) is 30.7 Å². The predicted molar refractivity (Wildman–Crippen MR) is 135 cm³/mol. The molecule has 186 valence electrons. The van der Waals surface area contributed by atoms with Crippen molar-refractivity contribution in [1.82, 2.24) is 19.1 Å². The van der Waals surface area contributed by atoms with Gasteiger partial charge in [0.1, 0.15) is 11.6 Å². The highest BCUT2D eigenvalue weighted by molar-refractivity contribution is 6.31. The first-order chi connectivity index (χ1) is 16.5. The highest BCUT2D eigenvalue weighted by Gasteiger charge is 2.26. The number of aliphatic hydroxyl groups is 1. The third kappa shape index (κ3) is 7.68. The smallest absolute Gasteiger partial charge is 0.168 e. The summed E-state index contributed by atoms with van der Waals surface area (Å²) < 4.78 is 35.3. The maximum atomic E-state index is 13.0. The number of hydrogen-bond donors (Lipinski definition) is 1. The molecule has 0 unspecified atom stereocenters. The number of aromatic nitrogens is 4. The summed E-state index contributed by atoms with van der Waals surface area (Å²) in [4.78, 5) is 8.41. The molecule has 9 heteroatoms. The maximum Gasteiger partial charge on any atom is 0.168 e. The molecule has 0 aliphatic rings. The number of benzene rings is 2. The van der Waals surface area contributed by atoms with Crippen molar-refractivity contribution in [2.45, 2.75) is 51.9 Å². The van der Waals surface area contributed by atoms with Crippen LogP contribution in [0.2, 0.25) is 5.04 Å². The molecule has 4 aromatic rings. The van der Waals surface area contributed by atoms with Crippen molar-refractivity contribution in [2.24, 2.45) is 0 Å². The maximum absolute atomic E-state index is 13.0. The zero-order valence-electron chi connectivity index (χ0n) is 20.7. The topological polar surface area (TPSA) is 65.1 Å².